The summed E-state index contributed by atoms with van der Waals surface area (Å²) in [7, 11) is 0. The van der Waals surface area contributed by atoms with Crippen molar-refractivity contribution in [2.24, 2.45) is 5.92 Å². The number of benzene rings is 2. The minimum Gasteiger partial charge on any atom is -0.376 e. The summed E-state index contributed by atoms with van der Waals surface area (Å²) < 4.78 is 5.81. The van der Waals surface area contributed by atoms with E-state index in [4.69, 9.17) is 4.74 Å². The summed E-state index contributed by atoms with van der Waals surface area (Å²) in [5.74, 6) is 0.520. The Morgan fingerprint density at radius 2 is 1.42 bits per heavy atom. The van der Waals surface area contributed by atoms with Crippen molar-refractivity contribution in [2.45, 2.75) is 13.0 Å². The van der Waals surface area contributed by atoms with E-state index in [1.165, 1.54) is 11.1 Å². The third-order valence-electron chi connectivity index (χ3n) is 3.05. The van der Waals surface area contributed by atoms with Gasteiger partial charge in [-0.25, -0.2) is 0 Å². The Bertz CT molecular complexity index is 455. The van der Waals surface area contributed by atoms with Gasteiger partial charge in [-0.3, -0.25) is 0 Å². The normalized spacial score (nSPS) is 12.3. The molecule has 2 heteroatoms. The Labute approximate surface area is 123 Å². The van der Waals surface area contributed by atoms with Gasteiger partial charge in [-0.05, 0) is 23.5 Å². The monoisotopic (exact) mass is 318 g/mol. The largest absolute Gasteiger partial charge is 0.376 e. The van der Waals surface area contributed by atoms with Gasteiger partial charge in [0, 0.05) is 5.33 Å². The van der Waals surface area contributed by atoms with Gasteiger partial charge in [0.1, 0.15) is 0 Å². The maximum atomic E-state index is 5.81. The summed E-state index contributed by atoms with van der Waals surface area (Å²) >= 11 is 3.58. The number of alkyl halides is 1. The lowest BCUT2D eigenvalue weighted by molar-refractivity contribution is 0.0938. The van der Waals surface area contributed by atoms with Gasteiger partial charge < -0.3 is 4.74 Å². The van der Waals surface area contributed by atoms with Gasteiger partial charge in [-0.15, -0.1) is 0 Å². The molecule has 0 saturated heterocycles. The van der Waals surface area contributed by atoms with Crippen LogP contribution in [-0.2, 0) is 17.8 Å². The highest BCUT2D eigenvalue weighted by molar-refractivity contribution is 9.09. The smallest absolute Gasteiger partial charge is 0.0717 e. The van der Waals surface area contributed by atoms with Crippen LogP contribution in [0.3, 0.4) is 0 Å². The first-order valence-electron chi connectivity index (χ1n) is 6.60. The fourth-order valence-corrected chi connectivity index (χ4v) is 2.44. The molecule has 0 aromatic heterocycles. The van der Waals surface area contributed by atoms with Crippen LogP contribution in [0.25, 0.3) is 0 Å². The Kier molecular flexibility index (Phi) is 6.12. The molecule has 1 nitrogen and oxygen atoms in total. The first kappa shape index (κ1) is 14.3. The number of hydrogen-bond acceptors (Lipinski definition) is 1. The number of rotatable bonds is 7. The van der Waals surface area contributed by atoms with Crippen LogP contribution in [0.15, 0.2) is 60.7 Å². The third kappa shape index (κ3) is 5.17. The van der Waals surface area contributed by atoms with Crippen LogP contribution < -0.4 is 0 Å². The fraction of sp³-hybridized carbons (Fsp3) is 0.294. The van der Waals surface area contributed by atoms with Crippen molar-refractivity contribution >= 4 is 15.9 Å². The molecule has 0 bridgehead atoms. The van der Waals surface area contributed by atoms with Crippen molar-refractivity contribution in [3.05, 3.63) is 71.8 Å². The summed E-state index contributed by atoms with van der Waals surface area (Å²) in [6.07, 6.45) is 1.06. The molecule has 0 heterocycles. The minimum atomic E-state index is 0.520. The van der Waals surface area contributed by atoms with E-state index >= 15 is 0 Å². The highest BCUT2D eigenvalue weighted by atomic mass is 79.9. The van der Waals surface area contributed by atoms with Gasteiger partial charge >= 0.3 is 0 Å². The van der Waals surface area contributed by atoms with Gasteiger partial charge in [-0.2, -0.15) is 0 Å². The van der Waals surface area contributed by atoms with E-state index in [1.807, 2.05) is 18.2 Å². The van der Waals surface area contributed by atoms with Crippen molar-refractivity contribution in [2.75, 3.05) is 11.9 Å². The second-order valence-electron chi connectivity index (χ2n) is 4.71. The molecule has 0 aliphatic rings. The molecule has 0 amide bonds. The summed E-state index contributed by atoms with van der Waals surface area (Å²) in [4.78, 5) is 0. The zero-order valence-electron chi connectivity index (χ0n) is 11.0. The maximum absolute atomic E-state index is 5.81. The molecule has 0 N–H and O–H groups in total. The summed E-state index contributed by atoms with van der Waals surface area (Å²) in [5.41, 5.74) is 2.60. The fourth-order valence-electron chi connectivity index (χ4n) is 2.02. The van der Waals surface area contributed by atoms with Crippen LogP contribution in [0.4, 0.5) is 0 Å². The zero-order valence-corrected chi connectivity index (χ0v) is 12.6. The molecular weight excluding hydrogens is 300 g/mol. The van der Waals surface area contributed by atoms with Gasteiger partial charge in [0.15, 0.2) is 0 Å². The van der Waals surface area contributed by atoms with E-state index in [1.54, 1.807) is 0 Å². The van der Waals surface area contributed by atoms with Gasteiger partial charge in [0.05, 0.1) is 13.2 Å². The molecular formula is C17H19BrO. The van der Waals surface area contributed by atoms with Crippen molar-refractivity contribution in [1.29, 1.82) is 0 Å². The van der Waals surface area contributed by atoms with E-state index in [0.717, 1.165) is 18.4 Å². The molecule has 0 aliphatic heterocycles. The van der Waals surface area contributed by atoms with Crippen LogP contribution in [-0.4, -0.2) is 11.9 Å². The van der Waals surface area contributed by atoms with Crippen molar-refractivity contribution in [3.63, 3.8) is 0 Å². The zero-order chi connectivity index (χ0) is 13.3. The molecule has 19 heavy (non-hydrogen) atoms. The predicted molar refractivity (Wildman–Crippen MR) is 83.5 cm³/mol. The highest BCUT2D eigenvalue weighted by Gasteiger charge is 2.08. The molecule has 2 aromatic rings. The van der Waals surface area contributed by atoms with Crippen LogP contribution in [0.5, 0.6) is 0 Å². The average molecular weight is 319 g/mol. The SMILES string of the molecule is BrC[C@H](COCc1ccccc1)Cc1ccccc1. The van der Waals surface area contributed by atoms with Gasteiger partial charge in [0.25, 0.3) is 0 Å². The summed E-state index contributed by atoms with van der Waals surface area (Å²) in [6, 6.07) is 20.9. The van der Waals surface area contributed by atoms with E-state index < -0.39 is 0 Å². The Morgan fingerprint density at radius 1 is 0.842 bits per heavy atom. The topological polar surface area (TPSA) is 9.23 Å². The van der Waals surface area contributed by atoms with Crippen LogP contribution in [0.1, 0.15) is 11.1 Å². The number of halogens is 1. The maximum Gasteiger partial charge on any atom is 0.0717 e. The second-order valence-corrected chi connectivity index (χ2v) is 5.36. The Hall–Kier alpha value is -1.12. The number of hydrogen-bond donors (Lipinski definition) is 0. The molecule has 2 aromatic carbocycles. The summed E-state index contributed by atoms with van der Waals surface area (Å²) in [6.45, 7) is 1.48. The molecule has 0 radical (unpaired) electrons. The first-order valence-corrected chi connectivity index (χ1v) is 7.72. The first-order chi connectivity index (χ1) is 9.38. The lowest BCUT2D eigenvalue weighted by Gasteiger charge is -2.14. The van der Waals surface area contributed by atoms with E-state index in [2.05, 4.69) is 58.4 Å². The number of ether oxygens (including phenoxy) is 1. The van der Waals surface area contributed by atoms with Crippen molar-refractivity contribution in [3.8, 4) is 0 Å². The minimum absolute atomic E-state index is 0.520. The molecule has 1 atom stereocenters. The van der Waals surface area contributed by atoms with Gasteiger partial charge in [0.2, 0.25) is 0 Å². The summed E-state index contributed by atoms with van der Waals surface area (Å²) in [5, 5.41) is 0.969. The van der Waals surface area contributed by atoms with E-state index in [9.17, 15) is 0 Å². The lowest BCUT2D eigenvalue weighted by Crippen LogP contribution is -2.14. The predicted octanol–water partition coefficient (Wildman–Crippen LogP) is 4.46. The molecule has 2 rings (SSSR count). The van der Waals surface area contributed by atoms with Crippen molar-refractivity contribution < 1.29 is 4.74 Å². The molecule has 0 fully saturated rings. The molecule has 0 unspecified atom stereocenters. The highest BCUT2D eigenvalue weighted by Crippen LogP contribution is 2.13. The second kappa shape index (κ2) is 8.13. The van der Waals surface area contributed by atoms with Crippen LogP contribution >= 0.6 is 15.9 Å². The van der Waals surface area contributed by atoms with Crippen LogP contribution in [0.2, 0.25) is 0 Å². The average Bonchev–Trinajstić information content (AvgIpc) is 2.48. The van der Waals surface area contributed by atoms with Crippen molar-refractivity contribution in [1.82, 2.24) is 0 Å². The molecule has 0 saturated carbocycles. The van der Waals surface area contributed by atoms with Gasteiger partial charge in [-0.1, -0.05) is 76.6 Å². The van der Waals surface area contributed by atoms with E-state index in [-0.39, 0.29) is 0 Å². The molecule has 0 aliphatic carbocycles. The van der Waals surface area contributed by atoms with E-state index in [0.29, 0.717) is 12.5 Å². The quantitative estimate of drug-likeness (QED) is 0.685. The lowest BCUT2D eigenvalue weighted by atomic mass is 10.0. The third-order valence-corrected chi connectivity index (χ3v) is 3.97. The molecule has 100 valence electrons. The Morgan fingerprint density at radius 3 is 2.00 bits per heavy atom. The van der Waals surface area contributed by atoms with Crippen LogP contribution in [0, 0.1) is 5.92 Å². The molecule has 0 spiro atoms. The Balaban J connectivity index is 1.77. The standard InChI is InChI=1S/C17H19BrO/c18-12-17(11-15-7-3-1-4-8-15)14-19-13-16-9-5-2-6-10-16/h1-10,17H,11-14H2/t17-/m1/s1.